The van der Waals surface area contributed by atoms with Crippen LogP contribution >= 0.6 is 0 Å². The Morgan fingerprint density at radius 3 is 2.79 bits per heavy atom. The summed E-state index contributed by atoms with van der Waals surface area (Å²) in [5.41, 5.74) is 6.25. The van der Waals surface area contributed by atoms with Gasteiger partial charge < -0.3 is 11.1 Å². The topological polar surface area (TPSA) is 74.7 Å². The minimum absolute atomic E-state index is 0.339. The van der Waals surface area contributed by atoms with Gasteiger partial charge in [0, 0.05) is 18.3 Å². The average Bonchev–Trinajstić information content (AvgIpc) is 2.17. The Labute approximate surface area is 82.8 Å². The fourth-order valence-corrected chi connectivity index (χ4v) is 1.53. The SMILES string of the molecule is N#Cc1ccc(NC2CC(N)C2)nc1. The Hall–Kier alpha value is -1.60. The zero-order chi connectivity index (χ0) is 9.97. The van der Waals surface area contributed by atoms with Crippen molar-refractivity contribution in [3.05, 3.63) is 23.9 Å². The summed E-state index contributed by atoms with van der Waals surface area (Å²) in [5.74, 6) is 0.820. The second kappa shape index (κ2) is 3.64. The van der Waals surface area contributed by atoms with Gasteiger partial charge in [-0.2, -0.15) is 5.26 Å². The van der Waals surface area contributed by atoms with Gasteiger partial charge in [0.15, 0.2) is 0 Å². The molecule has 3 N–H and O–H groups in total. The normalized spacial score (nSPS) is 24.9. The van der Waals surface area contributed by atoms with Crippen LogP contribution in [0.4, 0.5) is 5.82 Å². The number of pyridine rings is 1. The first-order valence-electron chi connectivity index (χ1n) is 4.66. The third-order valence-electron chi connectivity index (χ3n) is 2.42. The number of nitrogens with two attached hydrogens (primary N) is 1. The largest absolute Gasteiger partial charge is 0.367 e. The van der Waals surface area contributed by atoms with Crippen molar-refractivity contribution in [2.75, 3.05) is 5.32 Å². The van der Waals surface area contributed by atoms with Crippen LogP contribution in [0.2, 0.25) is 0 Å². The lowest BCUT2D eigenvalue weighted by molar-refractivity contribution is 0.373. The van der Waals surface area contributed by atoms with E-state index in [1.54, 1.807) is 12.3 Å². The standard InChI is InChI=1S/C10H12N4/c11-5-7-1-2-10(13-6-7)14-9-3-8(12)4-9/h1-2,6,8-9H,3-4,12H2,(H,13,14). The molecule has 1 aromatic rings. The van der Waals surface area contributed by atoms with Crippen molar-refractivity contribution < 1.29 is 0 Å². The van der Waals surface area contributed by atoms with E-state index >= 15 is 0 Å². The van der Waals surface area contributed by atoms with Crippen molar-refractivity contribution >= 4 is 5.82 Å². The van der Waals surface area contributed by atoms with E-state index < -0.39 is 0 Å². The Bertz CT molecular complexity index is 345. The molecule has 14 heavy (non-hydrogen) atoms. The number of hydrogen-bond acceptors (Lipinski definition) is 4. The van der Waals surface area contributed by atoms with Crippen molar-refractivity contribution in [3.8, 4) is 6.07 Å². The number of nitrogens with one attached hydrogen (secondary N) is 1. The van der Waals surface area contributed by atoms with Crippen molar-refractivity contribution in [1.82, 2.24) is 4.98 Å². The van der Waals surface area contributed by atoms with Crippen LogP contribution in [0.15, 0.2) is 18.3 Å². The van der Waals surface area contributed by atoms with E-state index in [0.717, 1.165) is 18.7 Å². The van der Waals surface area contributed by atoms with Crippen LogP contribution < -0.4 is 11.1 Å². The molecule has 72 valence electrons. The highest BCUT2D eigenvalue weighted by atomic mass is 15.0. The van der Waals surface area contributed by atoms with Crippen LogP contribution in [-0.2, 0) is 0 Å². The third kappa shape index (κ3) is 1.83. The predicted molar refractivity (Wildman–Crippen MR) is 53.6 cm³/mol. The average molecular weight is 188 g/mol. The van der Waals surface area contributed by atoms with Crippen LogP contribution in [-0.4, -0.2) is 17.1 Å². The molecule has 1 saturated carbocycles. The summed E-state index contributed by atoms with van der Waals surface area (Å²) >= 11 is 0. The van der Waals surface area contributed by atoms with Gasteiger partial charge in [0.25, 0.3) is 0 Å². The van der Waals surface area contributed by atoms with Crippen molar-refractivity contribution in [2.24, 2.45) is 5.73 Å². The van der Waals surface area contributed by atoms with Crippen LogP contribution in [0.25, 0.3) is 0 Å². The van der Waals surface area contributed by atoms with Gasteiger partial charge in [-0.1, -0.05) is 0 Å². The van der Waals surface area contributed by atoms with Crippen molar-refractivity contribution in [1.29, 1.82) is 5.26 Å². The minimum atomic E-state index is 0.339. The van der Waals surface area contributed by atoms with E-state index in [4.69, 9.17) is 11.0 Å². The molecule has 1 aliphatic carbocycles. The summed E-state index contributed by atoms with van der Waals surface area (Å²) in [5, 5.41) is 11.8. The van der Waals surface area contributed by atoms with E-state index in [1.807, 2.05) is 12.1 Å². The molecular formula is C10H12N4. The van der Waals surface area contributed by atoms with Gasteiger partial charge in [0.1, 0.15) is 11.9 Å². The minimum Gasteiger partial charge on any atom is -0.367 e. The molecular weight excluding hydrogens is 176 g/mol. The van der Waals surface area contributed by atoms with Gasteiger partial charge in [-0.3, -0.25) is 0 Å². The lowest BCUT2D eigenvalue weighted by Crippen LogP contribution is -2.44. The van der Waals surface area contributed by atoms with Crippen LogP contribution in [0.5, 0.6) is 0 Å². The highest BCUT2D eigenvalue weighted by Crippen LogP contribution is 2.21. The summed E-state index contributed by atoms with van der Waals surface area (Å²) in [4.78, 5) is 4.12. The Morgan fingerprint density at radius 2 is 2.29 bits per heavy atom. The van der Waals surface area contributed by atoms with Crippen molar-refractivity contribution in [2.45, 2.75) is 24.9 Å². The fraction of sp³-hybridized carbons (Fsp3) is 0.400. The molecule has 4 heteroatoms. The maximum Gasteiger partial charge on any atom is 0.126 e. The molecule has 0 aromatic carbocycles. The monoisotopic (exact) mass is 188 g/mol. The summed E-state index contributed by atoms with van der Waals surface area (Å²) < 4.78 is 0. The fourth-order valence-electron chi connectivity index (χ4n) is 1.53. The molecule has 0 bridgehead atoms. The second-order valence-corrected chi connectivity index (χ2v) is 3.62. The first kappa shape index (κ1) is 8.97. The molecule has 1 aliphatic rings. The first-order chi connectivity index (χ1) is 6.78. The molecule has 0 aliphatic heterocycles. The summed E-state index contributed by atoms with van der Waals surface area (Å²) in [6, 6.07) is 6.40. The van der Waals surface area contributed by atoms with E-state index in [1.165, 1.54) is 0 Å². The summed E-state index contributed by atoms with van der Waals surface area (Å²) in [7, 11) is 0. The Morgan fingerprint density at radius 1 is 1.50 bits per heavy atom. The third-order valence-corrected chi connectivity index (χ3v) is 2.42. The smallest absolute Gasteiger partial charge is 0.126 e. The Kier molecular flexibility index (Phi) is 2.33. The van der Waals surface area contributed by atoms with Gasteiger partial charge in [-0.15, -0.1) is 0 Å². The molecule has 0 unspecified atom stereocenters. The predicted octanol–water partition coefficient (Wildman–Crippen LogP) is 0.855. The summed E-state index contributed by atoms with van der Waals surface area (Å²) in [6.07, 6.45) is 3.57. The van der Waals surface area contributed by atoms with E-state index in [2.05, 4.69) is 10.3 Å². The maximum atomic E-state index is 8.58. The molecule has 1 aromatic heterocycles. The number of nitrogens with zero attached hydrogens (tertiary/aromatic N) is 2. The van der Waals surface area contributed by atoms with Gasteiger partial charge in [-0.25, -0.2) is 4.98 Å². The van der Waals surface area contributed by atoms with Crippen LogP contribution in [0, 0.1) is 11.3 Å². The van der Waals surface area contributed by atoms with E-state index in [9.17, 15) is 0 Å². The molecule has 0 radical (unpaired) electrons. The molecule has 0 amide bonds. The molecule has 0 spiro atoms. The molecule has 4 nitrogen and oxygen atoms in total. The highest BCUT2D eigenvalue weighted by Gasteiger charge is 2.25. The van der Waals surface area contributed by atoms with E-state index in [0.29, 0.717) is 17.6 Å². The lowest BCUT2D eigenvalue weighted by atomic mass is 9.88. The van der Waals surface area contributed by atoms with Gasteiger partial charge in [0.05, 0.1) is 5.56 Å². The second-order valence-electron chi connectivity index (χ2n) is 3.62. The molecule has 0 atom stereocenters. The maximum absolute atomic E-state index is 8.58. The van der Waals surface area contributed by atoms with Crippen LogP contribution in [0.1, 0.15) is 18.4 Å². The number of anilines is 1. The van der Waals surface area contributed by atoms with E-state index in [-0.39, 0.29) is 0 Å². The van der Waals surface area contributed by atoms with Gasteiger partial charge in [-0.05, 0) is 25.0 Å². The number of hydrogen-bond donors (Lipinski definition) is 2. The van der Waals surface area contributed by atoms with Crippen molar-refractivity contribution in [3.63, 3.8) is 0 Å². The van der Waals surface area contributed by atoms with Gasteiger partial charge >= 0.3 is 0 Å². The first-order valence-corrected chi connectivity index (χ1v) is 4.66. The number of nitriles is 1. The number of aromatic nitrogens is 1. The summed E-state index contributed by atoms with van der Waals surface area (Å²) in [6.45, 7) is 0. The van der Waals surface area contributed by atoms with Crippen LogP contribution in [0.3, 0.4) is 0 Å². The van der Waals surface area contributed by atoms with Gasteiger partial charge in [0.2, 0.25) is 0 Å². The quantitative estimate of drug-likeness (QED) is 0.721. The zero-order valence-corrected chi connectivity index (χ0v) is 7.77. The molecule has 0 saturated heterocycles. The zero-order valence-electron chi connectivity index (χ0n) is 7.77. The molecule has 1 heterocycles. The molecule has 2 rings (SSSR count). The lowest BCUT2D eigenvalue weighted by Gasteiger charge is -2.33. The Balaban J connectivity index is 1.94. The number of rotatable bonds is 2. The highest BCUT2D eigenvalue weighted by molar-refractivity contribution is 5.40. The molecule has 1 fully saturated rings.